The van der Waals surface area contributed by atoms with Crippen molar-refractivity contribution >= 4 is 11.6 Å². The minimum Gasteiger partial charge on any atom is -0.495 e. The molecule has 21 heavy (non-hydrogen) atoms. The normalized spacial score (nSPS) is 14.2. The fourth-order valence-electron chi connectivity index (χ4n) is 2.36. The maximum Gasteiger partial charge on any atom is 0.138 e. The van der Waals surface area contributed by atoms with Crippen LogP contribution < -0.4 is 10.1 Å². The summed E-state index contributed by atoms with van der Waals surface area (Å²) in [7, 11) is 1.59. The maximum atomic E-state index is 13.5. The second kappa shape index (κ2) is 6.04. The number of methoxy groups -OCH3 is 1. The molecule has 0 saturated heterocycles. The van der Waals surface area contributed by atoms with Gasteiger partial charge < -0.3 is 10.1 Å². The van der Waals surface area contributed by atoms with Gasteiger partial charge in [-0.05, 0) is 53.8 Å². The smallest absolute Gasteiger partial charge is 0.138 e. The van der Waals surface area contributed by atoms with Crippen molar-refractivity contribution < 1.29 is 9.13 Å². The molecule has 0 spiro atoms. The third kappa shape index (κ3) is 3.36. The number of hydrogen-bond donors (Lipinski definition) is 1. The average molecular weight is 306 g/mol. The molecule has 110 valence electrons. The summed E-state index contributed by atoms with van der Waals surface area (Å²) in [6, 6.07) is 11.1. The molecule has 0 aromatic heterocycles. The Morgan fingerprint density at radius 2 is 2.05 bits per heavy atom. The van der Waals surface area contributed by atoms with Gasteiger partial charge in [-0.25, -0.2) is 4.39 Å². The van der Waals surface area contributed by atoms with Gasteiger partial charge in [0.05, 0.1) is 12.1 Å². The number of ether oxygens (including phenoxy) is 1. The van der Waals surface area contributed by atoms with E-state index in [1.807, 2.05) is 18.2 Å². The highest BCUT2D eigenvalue weighted by atomic mass is 35.5. The molecule has 1 fully saturated rings. The maximum absolute atomic E-state index is 13.5. The molecule has 2 aromatic rings. The highest BCUT2D eigenvalue weighted by Gasteiger charge is 2.20. The predicted molar refractivity (Wildman–Crippen MR) is 83.3 cm³/mol. The highest BCUT2D eigenvalue weighted by Crippen LogP contribution is 2.32. The van der Waals surface area contributed by atoms with E-state index in [0.717, 1.165) is 16.7 Å². The Morgan fingerprint density at radius 1 is 1.24 bits per heavy atom. The number of rotatable bonds is 5. The van der Waals surface area contributed by atoms with Crippen LogP contribution >= 0.6 is 11.6 Å². The number of halogens is 2. The molecular weight excluding hydrogens is 289 g/mol. The van der Waals surface area contributed by atoms with Gasteiger partial charge in [-0.1, -0.05) is 23.7 Å². The van der Waals surface area contributed by atoms with Gasteiger partial charge in [0.1, 0.15) is 11.6 Å². The van der Waals surface area contributed by atoms with E-state index in [2.05, 4.69) is 5.32 Å². The van der Waals surface area contributed by atoms with Gasteiger partial charge in [0.25, 0.3) is 0 Å². The summed E-state index contributed by atoms with van der Waals surface area (Å²) < 4.78 is 18.8. The molecule has 0 bridgehead atoms. The Morgan fingerprint density at radius 3 is 2.76 bits per heavy atom. The molecule has 0 radical (unpaired) electrons. The van der Waals surface area contributed by atoms with Crippen LogP contribution in [0.2, 0.25) is 5.02 Å². The van der Waals surface area contributed by atoms with E-state index in [1.165, 1.54) is 18.9 Å². The quantitative estimate of drug-likeness (QED) is 0.883. The molecule has 4 heteroatoms. The molecule has 0 aliphatic heterocycles. The lowest BCUT2D eigenvalue weighted by Crippen LogP contribution is -2.16. The lowest BCUT2D eigenvalue weighted by Gasteiger charge is -2.12. The molecule has 0 unspecified atom stereocenters. The summed E-state index contributed by atoms with van der Waals surface area (Å²) in [4.78, 5) is 0. The summed E-state index contributed by atoms with van der Waals surface area (Å²) in [5, 5.41) is 4.00. The summed E-state index contributed by atoms with van der Waals surface area (Å²) in [6.45, 7) is 0.669. The lowest BCUT2D eigenvalue weighted by molar-refractivity contribution is 0.415. The van der Waals surface area contributed by atoms with Crippen LogP contribution in [0.15, 0.2) is 36.4 Å². The summed E-state index contributed by atoms with van der Waals surface area (Å²) in [6.07, 6.45) is 2.42. The van der Waals surface area contributed by atoms with E-state index >= 15 is 0 Å². The van der Waals surface area contributed by atoms with Gasteiger partial charge in [-0.2, -0.15) is 0 Å². The van der Waals surface area contributed by atoms with Gasteiger partial charge in [0, 0.05) is 12.6 Å². The zero-order valence-corrected chi connectivity index (χ0v) is 12.6. The summed E-state index contributed by atoms with van der Waals surface area (Å²) >= 11 is 6.06. The van der Waals surface area contributed by atoms with E-state index in [9.17, 15) is 4.39 Å². The van der Waals surface area contributed by atoms with E-state index in [4.69, 9.17) is 16.3 Å². The first-order chi connectivity index (χ1) is 10.2. The Balaban J connectivity index is 1.95. The minimum atomic E-state index is -0.215. The third-order valence-electron chi connectivity index (χ3n) is 3.69. The number of benzene rings is 2. The van der Waals surface area contributed by atoms with E-state index in [0.29, 0.717) is 23.4 Å². The Kier molecular flexibility index (Phi) is 4.13. The predicted octanol–water partition coefficient (Wildman–Crippen LogP) is 4.41. The minimum absolute atomic E-state index is 0.215. The van der Waals surface area contributed by atoms with Crippen LogP contribution in [0.25, 0.3) is 11.1 Å². The van der Waals surface area contributed by atoms with E-state index in [1.54, 1.807) is 19.2 Å². The average Bonchev–Trinajstić information content (AvgIpc) is 3.30. The SMILES string of the molecule is COc1cc(-c2ccc(F)cc2CNC2CC2)ccc1Cl. The summed E-state index contributed by atoms with van der Waals surface area (Å²) in [5.74, 6) is 0.409. The molecule has 2 aromatic carbocycles. The zero-order chi connectivity index (χ0) is 14.8. The molecule has 1 aliphatic rings. The van der Waals surface area contributed by atoms with Crippen molar-refractivity contribution in [3.8, 4) is 16.9 Å². The highest BCUT2D eigenvalue weighted by molar-refractivity contribution is 6.32. The molecule has 0 atom stereocenters. The fourth-order valence-corrected chi connectivity index (χ4v) is 2.55. The molecule has 3 rings (SSSR count). The Labute approximate surface area is 128 Å². The topological polar surface area (TPSA) is 21.3 Å². The first-order valence-corrected chi connectivity index (χ1v) is 7.41. The second-order valence-corrected chi connectivity index (χ2v) is 5.71. The second-order valence-electron chi connectivity index (χ2n) is 5.31. The van der Waals surface area contributed by atoms with Crippen LogP contribution in [0.3, 0.4) is 0 Å². The Hall–Kier alpha value is -1.58. The van der Waals surface area contributed by atoms with Crippen LogP contribution in [-0.4, -0.2) is 13.2 Å². The fraction of sp³-hybridized carbons (Fsp3) is 0.294. The first kappa shape index (κ1) is 14.4. The van der Waals surface area contributed by atoms with Crippen LogP contribution in [0.4, 0.5) is 4.39 Å². The van der Waals surface area contributed by atoms with Crippen molar-refractivity contribution in [3.63, 3.8) is 0 Å². The zero-order valence-electron chi connectivity index (χ0n) is 11.8. The van der Waals surface area contributed by atoms with Gasteiger partial charge >= 0.3 is 0 Å². The standard InChI is InChI=1S/C17H17ClFNO/c1-21-17-9-11(2-7-16(17)18)15-6-3-13(19)8-12(15)10-20-14-4-5-14/h2-3,6-9,14,20H,4-5,10H2,1H3. The molecule has 1 aliphatic carbocycles. The van der Waals surface area contributed by atoms with Crippen molar-refractivity contribution in [1.82, 2.24) is 5.32 Å². The van der Waals surface area contributed by atoms with Crippen LogP contribution in [0.5, 0.6) is 5.75 Å². The van der Waals surface area contributed by atoms with E-state index in [-0.39, 0.29) is 5.82 Å². The monoisotopic (exact) mass is 305 g/mol. The van der Waals surface area contributed by atoms with Crippen molar-refractivity contribution in [3.05, 3.63) is 52.8 Å². The number of nitrogens with one attached hydrogen (secondary N) is 1. The first-order valence-electron chi connectivity index (χ1n) is 7.03. The van der Waals surface area contributed by atoms with Gasteiger partial charge in [0.15, 0.2) is 0 Å². The molecule has 1 N–H and O–H groups in total. The largest absolute Gasteiger partial charge is 0.495 e. The summed E-state index contributed by atoms with van der Waals surface area (Å²) in [5.41, 5.74) is 2.93. The lowest BCUT2D eigenvalue weighted by atomic mass is 9.99. The van der Waals surface area contributed by atoms with Crippen LogP contribution in [0, 0.1) is 5.82 Å². The Bertz CT molecular complexity index is 655. The molecular formula is C17H17ClFNO. The number of hydrogen-bond acceptors (Lipinski definition) is 2. The van der Waals surface area contributed by atoms with Crippen molar-refractivity contribution in [1.29, 1.82) is 0 Å². The van der Waals surface area contributed by atoms with Crippen LogP contribution in [0.1, 0.15) is 18.4 Å². The van der Waals surface area contributed by atoms with E-state index < -0.39 is 0 Å². The van der Waals surface area contributed by atoms with Crippen molar-refractivity contribution in [2.24, 2.45) is 0 Å². The van der Waals surface area contributed by atoms with Gasteiger partial charge in [-0.3, -0.25) is 0 Å². The third-order valence-corrected chi connectivity index (χ3v) is 4.00. The molecule has 2 nitrogen and oxygen atoms in total. The molecule has 1 saturated carbocycles. The van der Waals surface area contributed by atoms with Crippen LogP contribution in [-0.2, 0) is 6.54 Å². The molecule has 0 amide bonds. The van der Waals surface area contributed by atoms with Crippen molar-refractivity contribution in [2.75, 3.05) is 7.11 Å². The van der Waals surface area contributed by atoms with Gasteiger partial charge in [-0.15, -0.1) is 0 Å². The van der Waals surface area contributed by atoms with Gasteiger partial charge in [0.2, 0.25) is 0 Å². The molecule has 0 heterocycles. The van der Waals surface area contributed by atoms with Crippen molar-refractivity contribution in [2.45, 2.75) is 25.4 Å².